The first-order chi connectivity index (χ1) is 9.03. The van der Waals surface area contributed by atoms with Crippen LogP contribution in [0.4, 0.5) is 5.69 Å². The molecule has 0 aliphatic carbocycles. The molecule has 0 saturated heterocycles. The summed E-state index contributed by atoms with van der Waals surface area (Å²) in [6.45, 7) is 3.77. The number of hydrogen-bond donors (Lipinski definition) is 2. The van der Waals surface area contributed by atoms with Crippen molar-refractivity contribution in [2.75, 3.05) is 4.72 Å². The molecule has 19 heavy (non-hydrogen) atoms. The van der Waals surface area contributed by atoms with Crippen molar-refractivity contribution in [3.05, 3.63) is 41.9 Å². The molecule has 2 N–H and O–H groups in total. The molecule has 6 heteroatoms. The van der Waals surface area contributed by atoms with Gasteiger partial charge in [0.2, 0.25) is 0 Å². The molecule has 0 aliphatic heterocycles. The van der Waals surface area contributed by atoms with Gasteiger partial charge in [0.05, 0.1) is 11.9 Å². The summed E-state index contributed by atoms with van der Waals surface area (Å²) in [5.41, 5.74) is 1.61. The van der Waals surface area contributed by atoms with E-state index in [2.05, 4.69) is 21.6 Å². The molecule has 0 bridgehead atoms. The Morgan fingerprint density at radius 1 is 1.32 bits per heavy atom. The van der Waals surface area contributed by atoms with Crippen molar-refractivity contribution in [3.63, 3.8) is 0 Å². The van der Waals surface area contributed by atoms with E-state index in [4.69, 9.17) is 0 Å². The summed E-state index contributed by atoms with van der Waals surface area (Å²) in [4.78, 5) is 6.64. The zero-order valence-electron chi connectivity index (χ0n) is 11.0. The number of nitrogens with one attached hydrogen (secondary N) is 2. The van der Waals surface area contributed by atoms with Crippen LogP contribution < -0.4 is 4.72 Å². The largest absolute Gasteiger partial charge is 0.332 e. The molecule has 0 spiro atoms. The molecule has 0 atom stereocenters. The summed E-state index contributed by atoms with van der Waals surface area (Å²) in [7, 11) is -3.60. The van der Waals surface area contributed by atoms with E-state index in [1.165, 1.54) is 6.20 Å². The normalized spacial score (nSPS) is 11.5. The van der Waals surface area contributed by atoms with Crippen LogP contribution in [0.5, 0.6) is 0 Å². The Labute approximate surface area is 113 Å². The van der Waals surface area contributed by atoms with E-state index >= 15 is 0 Å². The number of anilines is 1. The number of benzene rings is 1. The number of aryl methyl sites for hydroxylation is 2. The van der Waals surface area contributed by atoms with Gasteiger partial charge in [-0.15, -0.1) is 0 Å². The summed E-state index contributed by atoms with van der Waals surface area (Å²) >= 11 is 0. The molecular weight excluding hydrogens is 262 g/mol. The maximum absolute atomic E-state index is 12.2. The summed E-state index contributed by atoms with van der Waals surface area (Å²) in [5, 5.41) is 0.0799. The first-order valence-corrected chi connectivity index (χ1v) is 7.63. The number of imidazole rings is 1. The van der Waals surface area contributed by atoms with Crippen molar-refractivity contribution < 1.29 is 8.42 Å². The van der Waals surface area contributed by atoms with Crippen molar-refractivity contribution in [3.8, 4) is 0 Å². The lowest BCUT2D eigenvalue weighted by Crippen LogP contribution is -2.14. The summed E-state index contributed by atoms with van der Waals surface area (Å²) in [6, 6.07) is 7.42. The number of aromatic amines is 1. The second kappa shape index (κ2) is 5.44. The topological polar surface area (TPSA) is 74.8 Å². The number of rotatable bonds is 5. The maximum Gasteiger partial charge on any atom is 0.278 e. The van der Waals surface area contributed by atoms with Crippen molar-refractivity contribution in [1.29, 1.82) is 0 Å². The number of para-hydroxylation sites is 1. The van der Waals surface area contributed by atoms with Crippen LogP contribution in [-0.4, -0.2) is 18.4 Å². The van der Waals surface area contributed by atoms with Gasteiger partial charge in [0, 0.05) is 0 Å². The van der Waals surface area contributed by atoms with E-state index in [1.54, 1.807) is 13.0 Å². The Balaban J connectivity index is 2.30. The van der Waals surface area contributed by atoms with Crippen LogP contribution in [0.25, 0.3) is 0 Å². The molecule has 0 unspecified atom stereocenters. The fourth-order valence-electron chi connectivity index (χ4n) is 1.84. The minimum absolute atomic E-state index is 0.0799. The van der Waals surface area contributed by atoms with Crippen molar-refractivity contribution in [2.45, 2.75) is 31.7 Å². The molecule has 2 rings (SSSR count). The van der Waals surface area contributed by atoms with Crippen LogP contribution in [0.3, 0.4) is 0 Å². The summed E-state index contributed by atoms with van der Waals surface area (Å²) < 4.78 is 27.0. The lowest BCUT2D eigenvalue weighted by molar-refractivity contribution is 0.598. The number of H-pyrrole nitrogens is 1. The van der Waals surface area contributed by atoms with Gasteiger partial charge >= 0.3 is 0 Å². The molecule has 1 aromatic heterocycles. The van der Waals surface area contributed by atoms with Gasteiger partial charge in [0.25, 0.3) is 10.0 Å². The highest BCUT2D eigenvalue weighted by molar-refractivity contribution is 7.92. The Bertz CT molecular complexity index is 662. The highest BCUT2D eigenvalue weighted by atomic mass is 32.2. The second-order valence-corrected chi connectivity index (χ2v) is 6.00. The lowest BCUT2D eigenvalue weighted by atomic mass is 10.1. The molecule has 1 aromatic carbocycles. The summed E-state index contributed by atoms with van der Waals surface area (Å²) in [5.74, 6) is 0.571. The van der Waals surface area contributed by atoms with Gasteiger partial charge in [-0.1, -0.05) is 31.5 Å². The van der Waals surface area contributed by atoms with Crippen LogP contribution in [0.2, 0.25) is 0 Å². The van der Waals surface area contributed by atoms with Crippen LogP contribution in [0.1, 0.15) is 24.7 Å². The van der Waals surface area contributed by atoms with Gasteiger partial charge in [0.15, 0.2) is 5.03 Å². The first-order valence-electron chi connectivity index (χ1n) is 6.15. The monoisotopic (exact) mass is 279 g/mol. The fraction of sp³-hybridized carbons (Fsp3) is 0.308. The standard InChI is InChI=1S/C13H17N3O2S/c1-3-6-11-7-4-5-8-12(11)16-19(17,18)13-9-14-10(2)15-13/h4-5,7-9,16H,3,6H2,1-2H3,(H,14,15). The van der Waals surface area contributed by atoms with Gasteiger partial charge in [0.1, 0.15) is 5.82 Å². The fourth-order valence-corrected chi connectivity index (χ4v) is 2.91. The lowest BCUT2D eigenvalue weighted by Gasteiger charge is -2.10. The molecule has 5 nitrogen and oxygen atoms in total. The average Bonchev–Trinajstić information content (AvgIpc) is 2.79. The third-order valence-corrected chi connectivity index (χ3v) is 4.03. The average molecular weight is 279 g/mol. The molecule has 0 amide bonds. The van der Waals surface area contributed by atoms with Crippen LogP contribution in [0, 0.1) is 6.92 Å². The van der Waals surface area contributed by atoms with Crippen LogP contribution in [0.15, 0.2) is 35.5 Å². The molecule has 0 aliphatic rings. The van der Waals surface area contributed by atoms with Crippen molar-refractivity contribution >= 4 is 15.7 Å². The van der Waals surface area contributed by atoms with Crippen LogP contribution in [-0.2, 0) is 16.4 Å². The number of hydrogen-bond acceptors (Lipinski definition) is 3. The second-order valence-electron chi connectivity index (χ2n) is 4.35. The summed E-state index contributed by atoms with van der Waals surface area (Å²) in [6.07, 6.45) is 3.11. The zero-order valence-corrected chi connectivity index (χ0v) is 11.8. The molecule has 102 valence electrons. The van der Waals surface area contributed by atoms with E-state index in [-0.39, 0.29) is 5.03 Å². The smallest absolute Gasteiger partial charge is 0.278 e. The number of aromatic nitrogens is 2. The van der Waals surface area contributed by atoms with E-state index in [0.717, 1.165) is 18.4 Å². The van der Waals surface area contributed by atoms with Crippen molar-refractivity contribution in [2.24, 2.45) is 0 Å². The third kappa shape index (κ3) is 3.14. The molecule has 1 heterocycles. The first kappa shape index (κ1) is 13.6. The Morgan fingerprint density at radius 3 is 2.68 bits per heavy atom. The number of nitrogens with zero attached hydrogens (tertiary/aromatic N) is 1. The maximum atomic E-state index is 12.2. The highest BCUT2D eigenvalue weighted by Gasteiger charge is 2.17. The van der Waals surface area contributed by atoms with E-state index in [1.807, 2.05) is 18.2 Å². The van der Waals surface area contributed by atoms with E-state index in [0.29, 0.717) is 11.5 Å². The van der Waals surface area contributed by atoms with Crippen LogP contribution >= 0.6 is 0 Å². The zero-order chi connectivity index (χ0) is 13.9. The SMILES string of the molecule is CCCc1ccccc1NS(=O)(=O)c1cnc(C)[nH]1. The molecule has 0 saturated carbocycles. The Morgan fingerprint density at radius 2 is 2.05 bits per heavy atom. The minimum Gasteiger partial charge on any atom is -0.332 e. The predicted molar refractivity (Wildman–Crippen MR) is 74.6 cm³/mol. The highest BCUT2D eigenvalue weighted by Crippen LogP contribution is 2.20. The molecule has 0 fully saturated rings. The quantitative estimate of drug-likeness (QED) is 0.883. The Hall–Kier alpha value is -1.82. The minimum atomic E-state index is -3.60. The predicted octanol–water partition coefficient (Wildman–Crippen LogP) is 2.47. The Kier molecular flexibility index (Phi) is 3.90. The van der Waals surface area contributed by atoms with Gasteiger partial charge in [-0.05, 0) is 25.0 Å². The third-order valence-electron chi connectivity index (χ3n) is 2.75. The van der Waals surface area contributed by atoms with Gasteiger partial charge in [-0.3, -0.25) is 4.72 Å². The van der Waals surface area contributed by atoms with E-state index in [9.17, 15) is 8.42 Å². The molecule has 0 radical (unpaired) electrons. The molecular formula is C13H17N3O2S. The van der Waals surface area contributed by atoms with Gasteiger partial charge in [-0.25, -0.2) is 4.98 Å². The molecule has 2 aromatic rings. The number of sulfonamides is 1. The van der Waals surface area contributed by atoms with Gasteiger partial charge in [-0.2, -0.15) is 8.42 Å². The van der Waals surface area contributed by atoms with Crippen molar-refractivity contribution in [1.82, 2.24) is 9.97 Å². The van der Waals surface area contributed by atoms with Gasteiger partial charge < -0.3 is 4.98 Å². The van der Waals surface area contributed by atoms with E-state index < -0.39 is 10.0 Å².